The standard InChI is InChI=1S/C17H28N2O2/c1-14(15-10-7-8-11-16(15)21-3)19(2)17(20)12-6-4-5-9-13-18/h7-8,10-11,14H,4-6,9,12-13,18H2,1-3H3. The van der Waals surface area contributed by atoms with E-state index in [1.807, 2.05) is 38.2 Å². The zero-order valence-electron chi connectivity index (χ0n) is 13.5. The van der Waals surface area contributed by atoms with Crippen molar-refractivity contribution in [2.75, 3.05) is 20.7 Å². The van der Waals surface area contributed by atoms with E-state index in [2.05, 4.69) is 0 Å². The van der Waals surface area contributed by atoms with Gasteiger partial charge in [-0.25, -0.2) is 0 Å². The highest BCUT2D eigenvalue weighted by Crippen LogP contribution is 2.28. The number of unbranched alkanes of at least 4 members (excludes halogenated alkanes) is 3. The van der Waals surface area contributed by atoms with Gasteiger partial charge in [-0.05, 0) is 32.4 Å². The van der Waals surface area contributed by atoms with E-state index >= 15 is 0 Å². The molecule has 0 bridgehead atoms. The molecule has 0 aliphatic rings. The molecule has 0 aliphatic carbocycles. The number of carbonyl (C=O) groups excluding carboxylic acids is 1. The van der Waals surface area contributed by atoms with Gasteiger partial charge in [-0.1, -0.05) is 31.0 Å². The van der Waals surface area contributed by atoms with Crippen LogP contribution >= 0.6 is 0 Å². The summed E-state index contributed by atoms with van der Waals surface area (Å²) in [6.07, 6.45) is 4.75. The monoisotopic (exact) mass is 292 g/mol. The molecule has 0 radical (unpaired) electrons. The van der Waals surface area contributed by atoms with E-state index in [1.165, 1.54) is 0 Å². The lowest BCUT2D eigenvalue weighted by Crippen LogP contribution is -2.29. The van der Waals surface area contributed by atoms with E-state index in [0.717, 1.165) is 43.5 Å². The number of ether oxygens (including phenoxy) is 1. The maximum atomic E-state index is 12.3. The molecule has 4 nitrogen and oxygen atoms in total. The number of nitrogens with zero attached hydrogens (tertiary/aromatic N) is 1. The molecule has 1 atom stereocenters. The van der Waals surface area contributed by atoms with E-state index < -0.39 is 0 Å². The lowest BCUT2D eigenvalue weighted by Gasteiger charge is -2.26. The lowest BCUT2D eigenvalue weighted by molar-refractivity contribution is -0.131. The minimum atomic E-state index is 0.0118. The molecule has 1 unspecified atom stereocenters. The molecule has 0 heterocycles. The topological polar surface area (TPSA) is 55.6 Å². The Morgan fingerprint density at radius 3 is 2.57 bits per heavy atom. The number of hydrogen-bond donors (Lipinski definition) is 1. The van der Waals surface area contributed by atoms with Crippen molar-refractivity contribution < 1.29 is 9.53 Å². The van der Waals surface area contributed by atoms with Crippen LogP contribution < -0.4 is 10.5 Å². The van der Waals surface area contributed by atoms with Crippen molar-refractivity contribution in [1.82, 2.24) is 4.90 Å². The summed E-state index contributed by atoms with van der Waals surface area (Å²) in [7, 11) is 3.52. The quantitative estimate of drug-likeness (QED) is 0.711. The third-order valence-corrected chi connectivity index (χ3v) is 3.91. The van der Waals surface area contributed by atoms with Crippen LogP contribution in [0.4, 0.5) is 0 Å². The summed E-state index contributed by atoms with van der Waals surface area (Å²) in [5.41, 5.74) is 6.50. The molecule has 118 valence electrons. The molecule has 0 saturated heterocycles. The van der Waals surface area contributed by atoms with Crippen LogP contribution in [-0.4, -0.2) is 31.5 Å². The first-order valence-electron chi connectivity index (χ1n) is 7.70. The van der Waals surface area contributed by atoms with Crippen molar-refractivity contribution in [2.45, 2.75) is 45.1 Å². The summed E-state index contributed by atoms with van der Waals surface area (Å²) < 4.78 is 5.37. The zero-order chi connectivity index (χ0) is 15.7. The number of methoxy groups -OCH3 is 1. The van der Waals surface area contributed by atoms with Gasteiger partial charge in [0.2, 0.25) is 5.91 Å². The molecule has 1 aromatic rings. The average Bonchev–Trinajstić information content (AvgIpc) is 2.53. The first-order valence-corrected chi connectivity index (χ1v) is 7.70. The Bertz CT molecular complexity index is 435. The van der Waals surface area contributed by atoms with Crippen LogP contribution in [0.25, 0.3) is 0 Å². The molecule has 21 heavy (non-hydrogen) atoms. The highest BCUT2D eigenvalue weighted by Gasteiger charge is 2.19. The number of para-hydroxylation sites is 1. The third kappa shape index (κ3) is 5.38. The number of carbonyl (C=O) groups is 1. The Kier molecular flexibility index (Phi) is 7.83. The summed E-state index contributed by atoms with van der Waals surface area (Å²) in [4.78, 5) is 14.1. The predicted molar refractivity (Wildman–Crippen MR) is 86.3 cm³/mol. The smallest absolute Gasteiger partial charge is 0.222 e. The van der Waals surface area contributed by atoms with Gasteiger partial charge in [0, 0.05) is 19.0 Å². The predicted octanol–water partition coefficient (Wildman–Crippen LogP) is 3.12. The normalized spacial score (nSPS) is 12.0. The van der Waals surface area contributed by atoms with E-state index in [1.54, 1.807) is 12.0 Å². The molecule has 0 aliphatic heterocycles. The summed E-state index contributed by atoms with van der Waals surface area (Å²) in [6, 6.07) is 7.86. The summed E-state index contributed by atoms with van der Waals surface area (Å²) in [5, 5.41) is 0. The minimum absolute atomic E-state index is 0.0118. The summed E-state index contributed by atoms with van der Waals surface area (Å²) >= 11 is 0. The maximum Gasteiger partial charge on any atom is 0.222 e. The fourth-order valence-electron chi connectivity index (χ4n) is 2.39. The lowest BCUT2D eigenvalue weighted by atomic mass is 10.1. The Hall–Kier alpha value is -1.55. The third-order valence-electron chi connectivity index (χ3n) is 3.91. The van der Waals surface area contributed by atoms with Crippen LogP contribution in [-0.2, 0) is 4.79 Å². The van der Waals surface area contributed by atoms with Crippen molar-refractivity contribution in [2.24, 2.45) is 5.73 Å². The molecule has 1 amide bonds. The molecular weight excluding hydrogens is 264 g/mol. The Balaban J connectivity index is 2.53. The van der Waals surface area contributed by atoms with Crippen molar-refractivity contribution in [3.05, 3.63) is 29.8 Å². The fraction of sp³-hybridized carbons (Fsp3) is 0.588. The van der Waals surface area contributed by atoms with Crippen LogP contribution in [0.2, 0.25) is 0 Å². The van der Waals surface area contributed by atoms with Gasteiger partial charge < -0.3 is 15.4 Å². The first kappa shape index (κ1) is 17.5. The number of benzene rings is 1. The van der Waals surface area contributed by atoms with Crippen LogP contribution in [0.3, 0.4) is 0 Å². The average molecular weight is 292 g/mol. The zero-order valence-corrected chi connectivity index (χ0v) is 13.5. The molecule has 0 aromatic heterocycles. The number of hydrogen-bond acceptors (Lipinski definition) is 3. The van der Waals surface area contributed by atoms with Gasteiger partial charge in [-0.15, -0.1) is 0 Å². The van der Waals surface area contributed by atoms with Crippen molar-refractivity contribution in [3.8, 4) is 5.75 Å². The molecular formula is C17H28N2O2. The first-order chi connectivity index (χ1) is 10.1. The Morgan fingerprint density at radius 1 is 1.24 bits per heavy atom. The highest BCUT2D eigenvalue weighted by atomic mass is 16.5. The molecule has 0 spiro atoms. The van der Waals surface area contributed by atoms with Crippen LogP contribution in [0, 0.1) is 0 Å². The van der Waals surface area contributed by atoms with Gasteiger partial charge >= 0.3 is 0 Å². The number of nitrogens with two attached hydrogens (primary N) is 1. The summed E-state index contributed by atoms with van der Waals surface area (Å²) in [5.74, 6) is 1.01. The minimum Gasteiger partial charge on any atom is -0.496 e. The van der Waals surface area contributed by atoms with Gasteiger partial charge in [-0.3, -0.25) is 4.79 Å². The van der Waals surface area contributed by atoms with Gasteiger partial charge in [0.1, 0.15) is 5.75 Å². The van der Waals surface area contributed by atoms with Gasteiger partial charge in [0.15, 0.2) is 0 Å². The SMILES string of the molecule is COc1ccccc1C(C)N(C)C(=O)CCCCCCN. The van der Waals surface area contributed by atoms with Crippen LogP contribution in [0.5, 0.6) is 5.75 Å². The van der Waals surface area contributed by atoms with Crippen molar-refractivity contribution >= 4 is 5.91 Å². The molecule has 2 N–H and O–H groups in total. The number of amides is 1. The summed E-state index contributed by atoms with van der Waals surface area (Å²) in [6.45, 7) is 2.77. The van der Waals surface area contributed by atoms with E-state index in [0.29, 0.717) is 6.42 Å². The van der Waals surface area contributed by atoms with E-state index in [9.17, 15) is 4.79 Å². The second kappa shape index (κ2) is 9.40. The molecule has 1 rings (SSSR count). The Morgan fingerprint density at radius 2 is 1.90 bits per heavy atom. The van der Waals surface area contributed by atoms with Crippen LogP contribution in [0.1, 0.15) is 50.6 Å². The van der Waals surface area contributed by atoms with Crippen molar-refractivity contribution in [3.63, 3.8) is 0 Å². The van der Waals surface area contributed by atoms with E-state index in [4.69, 9.17) is 10.5 Å². The largest absolute Gasteiger partial charge is 0.496 e. The van der Waals surface area contributed by atoms with Gasteiger partial charge in [-0.2, -0.15) is 0 Å². The highest BCUT2D eigenvalue weighted by molar-refractivity contribution is 5.76. The molecule has 1 aromatic carbocycles. The maximum absolute atomic E-state index is 12.3. The second-order valence-electron chi connectivity index (χ2n) is 5.38. The van der Waals surface area contributed by atoms with Crippen LogP contribution in [0.15, 0.2) is 24.3 Å². The van der Waals surface area contributed by atoms with Crippen molar-refractivity contribution in [1.29, 1.82) is 0 Å². The molecule has 0 saturated carbocycles. The fourth-order valence-corrected chi connectivity index (χ4v) is 2.39. The second-order valence-corrected chi connectivity index (χ2v) is 5.38. The Labute approximate surface area is 128 Å². The van der Waals surface area contributed by atoms with Gasteiger partial charge in [0.25, 0.3) is 0 Å². The van der Waals surface area contributed by atoms with E-state index in [-0.39, 0.29) is 11.9 Å². The molecule has 0 fully saturated rings. The molecule has 4 heteroatoms. The number of rotatable bonds is 9. The van der Waals surface area contributed by atoms with Gasteiger partial charge in [0.05, 0.1) is 13.2 Å².